The van der Waals surface area contributed by atoms with Crippen LogP contribution in [0.3, 0.4) is 0 Å². The number of hydrogen-bond donors (Lipinski definition) is 1. The molecule has 0 radical (unpaired) electrons. The van der Waals surface area contributed by atoms with Crippen molar-refractivity contribution in [2.45, 2.75) is 31.9 Å². The number of hydrogen-bond acceptors (Lipinski definition) is 3. The normalized spacial score (nSPS) is 13.8. The van der Waals surface area contributed by atoms with Gasteiger partial charge in [-0.3, -0.25) is 0 Å². The van der Waals surface area contributed by atoms with Gasteiger partial charge < -0.3 is 0 Å². The van der Waals surface area contributed by atoms with Crippen LogP contribution in [0.5, 0.6) is 0 Å². The predicted molar refractivity (Wildman–Crippen MR) is 46.9 cm³/mol. The molecule has 70 valence electrons. The van der Waals surface area contributed by atoms with E-state index in [1.807, 2.05) is 6.92 Å². The Labute approximate surface area is 73.6 Å². The Morgan fingerprint density at radius 2 is 2.08 bits per heavy atom. The van der Waals surface area contributed by atoms with Gasteiger partial charge in [0.05, 0.1) is 6.07 Å². The van der Waals surface area contributed by atoms with Gasteiger partial charge in [-0.2, -0.15) is 5.26 Å². The summed E-state index contributed by atoms with van der Waals surface area (Å²) in [5.74, 6) is 0. The number of rotatable bonds is 5. The van der Waals surface area contributed by atoms with E-state index in [4.69, 9.17) is 5.26 Å². The monoisotopic (exact) mass is 190 g/mol. The first-order chi connectivity index (χ1) is 5.58. The Morgan fingerprint density at radius 1 is 1.50 bits per heavy atom. The van der Waals surface area contributed by atoms with E-state index in [0.29, 0.717) is 19.4 Å². The average molecular weight is 190 g/mol. The zero-order valence-corrected chi connectivity index (χ0v) is 8.19. The molecule has 0 aliphatic carbocycles. The quantitative estimate of drug-likeness (QED) is 0.690. The summed E-state index contributed by atoms with van der Waals surface area (Å²) in [5.41, 5.74) is 0. The summed E-state index contributed by atoms with van der Waals surface area (Å²) in [5, 5.41) is 7.65. The fourth-order valence-corrected chi connectivity index (χ4v) is 2.14. The summed E-state index contributed by atoms with van der Waals surface area (Å²) in [6.07, 6.45) is 1.09. The van der Waals surface area contributed by atoms with Gasteiger partial charge in [0.2, 0.25) is 10.0 Å². The molecule has 1 unspecified atom stereocenters. The minimum absolute atomic E-state index is 0.338. The Bertz CT molecular complexity index is 253. The molecule has 0 saturated carbocycles. The van der Waals surface area contributed by atoms with Crippen molar-refractivity contribution in [3.63, 3.8) is 0 Å². The van der Waals surface area contributed by atoms with Gasteiger partial charge in [0, 0.05) is 6.54 Å². The highest BCUT2D eigenvalue weighted by Crippen LogP contribution is 2.05. The standard InChI is InChI=1S/C7H14N2O2S/c1-3-5-7(6-8)12(10,11)9-4-2/h7,9H,3-5H2,1-2H3. The summed E-state index contributed by atoms with van der Waals surface area (Å²) >= 11 is 0. The van der Waals surface area contributed by atoms with Crippen molar-refractivity contribution in [1.29, 1.82) is 5.26 Å². The van der Waals surface area contributed by atoms with Gasteiger partial charge in [-0.05, 0) is 6.42 Å². The number of nitrogens with one attached hydrogen (secondary N) is 1. The van der Waals surface area contributed by atoms with E-state index < -0.39 is 15.3 Å². The van der Waals surface area contributed by atoms with Crippen molar-refractivity contribution in [2.24, 2.45) is 0 Å². The SMILES string of the molecule is CCCC(C#N)S(=O)(=O)NCC. The van der Waals surface area contributed by atoms with Crippen LogP contribution in [0.25, 0.3) is 0 Å². The molecule has 0 aliphatic heterocycles. The van der Waals surface area contributed by atoms with Crippen molar-refractivity contribution < 1.29 is 8.42 Å². The van der Waals surface area contributed by atoms with Crippen LogP contribution >= 0.6 is 0 Å². The molecule has 1 N–H and O–H groups in total. The second-order valence-corrected chi connectivity index (χ2v) is 4.40. The summed E-state index contributed by atoms with van der Waals surface area (Å²) < 4.78 is 24.7. The second kappa shape index (κ2) is 5.12. The number of nitrogens with zero attached hydrogens (tertiary/aromatic N) is 1. The van der Waals surface area contributed by atoms with Crippen molar-refractivity contribution in [3.05, 3.63) is 0 Å². The van der Waals surface area contributed by atoms with E-state index in [9.17, 15) is 8.42 Å². The van der Waals surface area contributed by atoms with Crippen LogP contribution in [0, 0.1) is 11.3 Å². The fourth-order valence-electron chi connectivity index (χ4n) is 0.853. The van der Waals surface area contributed by atoms with Crippen LogP contribution in [0.1, 0.15) is 26.7 Å². The first-order valence-electron chi connectivity index (χ1n) is 3.96. The largest absolute Gasteiger partial charge is 0.227 e. The first kappa shape index (κ1) is 11.4. The van der Waals surface area contributed by atoms with Crippen molar-refractivity contribution in [3.8, 4) is 6.07 Å². The van der Waals surface area contributed by atoms with E-state index in [1.165, 1.54) is 0 Å². The van der Waals surface area contributed by atoms with Crippen LogP contribution in [-0.4, -0.2) is 20.2 Å². The third-order valence-corrected chi connectivity index (χ3v) is 3.20. The van der Waals surface area contributed by atoms with Crippen LogP contribution < -0.4 is 4.72 Å². The van der Waals surface area contributed by atoms with E-state index in [-0.39, 0.29) is 0 Å². The highest BCUT2D eigenvalue weighted by molar-refractivity contribution is 7.90. The van der Waals surface area contributed by atoms with Gasteiger partial charge in [-0.15, -0.1) is 0 Å². The van der Waals surface area contributed by atoms with Gasteiger partial charge in [0.25, 0.3) is 0 Å². The predicted octanol–water partition coefficient (Wildman–Crippen LogP) is 0.618. The third-order valence-electron chi connectivity index (χ3n) is 1.41. The molecule has 0 spiro atoms. The summed E-state index contributed by atoms with van der Waals surface area (Å²) in [7, 11) is -3.40. The Balaban J connectivity index is 4.41. The third kappa shape index (κ3) is 3.20. The lowest BCUT2D eigenvalue weighted by atomic mass is 10.3. The Kier molecular flexibility index (Phi) is 4.86. The molecule has 0 bridgehead atoms. The molecule has 0 aromatic carbocycles. The van der Waals surface area contributed by atoms with Gasteiger partial charge in [-0.1, -0.05) is 20.3 Å². The molecular weight excluding hydrogens is 176 g/mol. The lowest BCUT2D eigenvalue weighted by Crippen LogP contribution is -2.33. The zero-order valence-electron chi connectivity index (χ0n) is 7.37. The van der Waals surface area contributed by atoms with Crippen LogP contribution in [0.4, 0.5) is 0 Å². The molecule has 0 heterocycles. The maximum absolute atomic E-state index is 11.2. The Hall–Kier alpha value is -0.600. The smallest absolute Gasteiger partial charge is 0.214 e. The number of sulfonamides is 1. The highest BCUT2D eigenvalue weighted by atomic mass is 32.2. The molecule has 1 atom stereocenters. The van der Waals surface area contributed by atoms with E-state index in [1.54, 1.807) is 13.0 Å². The first-order valence-corrected chi connectivity index (χ1v) is 5.51. The Morgan fingerprint density at radius 3 is 2.42 bits per heavy atom. The molecule has 0 aromatic heterocycles. The average Bonchev–Trinajstić information content (AvgIpc) is 1.99. The van der Waals surface area contributed by atoms with Crippen molar-refractivity contribution >= 4 is 10.0 Å². The molecule has 4 nitrogen and oxygen atoms in total. The molecule has 0 fully saturated rings. The molecule has 0 rings (SSSR count). The molecule has 0 aromatic rings. The van der Waals surface area contributed by atoms with Gasteiger partial charge in [0.1, 0.15) is 0 Å². The summed E-state index contributed by atoms with van der Waals surface area (Å²) in [6.45, 7) is 3.88. The lowest BCUT2D eigenvalue weighted by molar-refractivity contribution is 0.571. The molecule has 0 amide bonds. The van der Waals surface area contributed by atoms with Crippen molar-refractivity contribution in [1.82, 2.24) is 4.72 Å². The van der Waals surface area contributed by atoms with Gasteiger partial charge in [0.15, 0.2) is 5.25 Å². The minimum Gasteiger partial charge on any atom is -0.214 e. The van der Waals surface area contributed by atoms with Gasteiger partial charge >= 0.3 is 0 Å². The van der Waals surface area contributed by atoms with E-state index in [0.717, 1.165) is 0 Å². The maximum atomic E-state index is 11.2. The van der Waals surface area contributed by atoms with Crippen LogP contribution in [0.15, 0.2) is 0 Å². The van der Waals surface area contributed by atoms with Gasteiger partial charge in [-0.25, -0.2) is 13.1 Å². The van der Waals surface area contributed by atoms with E-state index >= 15 is 0 Å². The molecule has 5 heteroatoms. The van der Waals surface area contributed by atoms with E-state index in [2.05, 4.69) is 4.72 Å². The summed E-state index contributed by atoms with van der Waals surface area (Å²) in [6, 6.07) is 1.78. The van der Waals surface area contributed by atoms with Crippen LogP contribution in [-0.2, 0) is 10.0 Å². The minimum atomic E-state index is -3.40. The fraction of sp³-hybridized carbons (Fsp3) is 0.857. The van der Waals surface area contributed by atoms with Crippen LogP contribution in [0.2, 0.25) is 0 Å². The zero-order chi connectivity index (χ0) is 9.61. The second-order valence-electron chi connectivity index (χ2n) is 2.45. The molecule has 12 heavy (non-hydrogen) atoms. The highest BCUT2D eigenvalue weighted by Gasteiger charge is 2.22. The topological polar surface area (TPSA) is 70.0 Å². The lowest BCUT2D eigenvalue weighted by Gasteiger charge is -2.08. The summed E-state index contributed by atoms with van der Waals surface area (Å²) in [4.78, 5) is 0. The van der Waals surface area contributed by atoms with Crippen molar-refractivity contribution in [2.75, 3.05) is 6.54 Å². The molecular formula is C7H14N2O2S. The maximum Gasteiger partial charge on any atom is 0.227 e. The molecule has 0 aliphatic rings. The number of nitriles is 1. The molecule has 0 saturated heterocycles.